The lowest BCUT2D eigenvalue weighted by Gasteiger charge is -2.13. The van der Waals surface area contributed by atoms with Gasteiger partial charge < -0.3 is 14.8 Å². The average molecular weight is 235 g/mol. The van der Waals surface area contributed by atoms with E-state index in [1.165, 1.54) is 24.0 Å². The Balaban J connectivity index is 2.10. The number of ether oxygens (including phenoxy) is 2. The standard InChI is InChI=1S/C14H21NO2/c1-16-10-12-6-11(8-14(9-12)17-2)7-13-4-3-5-15-13/h6,8-9,13,15H,3-5,7,10H2,1-2H3. The highest BCUT2D eigenvalue weighted by atomic mass is 16.5. The Hall–Kier alpha value is -1.06. The molecule has 0 amide bonds. The smallest absolute Gasteiger partial charge is 0.119 e. The van der Waals surface area contributed by atoms with Crippen LogP contribution in [0.4, 0.5) is 0 Å². The minimum Gasteiger partial charge on any atom is -0.497 e. The molecule has 17 heavy (non-hydrogen) atoms. The summed E-state index contributed by atoms with van der Waals surface area (Å²) < 4.78 is 10.5. The van der Waals surface area contributed by atoms with E-state index in [4.69, 9.17) is 9.47 Å². The molecule has 1 fully saturated rings. The summed E-state index contributed by atoms with van der Waals surface area (Å²) in [7, 11) is 3.43. The Morgan fingerprint density at radius 2 is 2.06 bits per heavy atom. The van der Waals surface area contributed by atoms with Crippen LogP contribution in [0.5, 0.6) is 5.75 Å². The Morgan fingerprint density at radius 1 is 1.24 bits per heavy atom. The van der Waals surface area contributed by atoms with Crippen molar-refractivity contribution in [2.75, 3.05) is 20.8 Å². The second-order valence-electron chi connectivity index (χ2n) is 4.62. The van der Waals surface area contributed by atoms with Crippen molar-refractivity contribution in [3.63, 3.8) is 0 Å². The molecule has 1 atom stereocenters. The minimum absolute atomic E-state index is 0.623. The molecular weight excluding hydrogens is 214 g/mol. The van der Waals surface area contributed by atoms with Gasteiger partial charge in [0.05, 0.1) is 13.7 Å². The SMILES string of the molecule is COCc1cc(CC2CCCN2)cc(OC)c1. The number of benzene rings is 1. The summed E-state index contributed by atoms with van der Waals surface area (Å²) >= 11 is 0. The Morgan fingerprint density at radius 3 is 2.71 bits per heavy atom. The second-order valence-corrected chi connectivity index (χ2v) is 4.62. The summed E-state index contributed by atoms with van der Waals surface area (Å²) in [6.07, 6.45) is 3.64. The quantitative estimate of drug-likeness (QED) is 0.848. The molecule has 0 radical (unpaired) electrons. The van der Waals surface area contributed by atoms with Gasteiger partial charge in [-0.15, -0.1) is 0 Å². The third-order valence-electron chi connectivity index (χ3n) is 3.22. The zero-order valence-electron chi connectivity index (χ0n) is 10.7. The molecule has 1 N–H and O–H groups in total. The van der Waals surface area contributed by atoms with E-state index >= 15 is 0 Å². The van der Waals surface area contributed by atoms with E-state index in [0.29, 0.717) is 12.6 Å². The van der Waals surface area contributed by atoms with Gasteiger partial charge in [-0.05, 0) is 49.1 Å². The summed E-state index contributed by atoms with van der Waals surface area (Å²) in [5, 5.41) is 3.52. The fourth-order valence-corrected chi connectivity index (χ4v) is 2.43. The lowest BCUT2D eigenvalue weighted by Crippen LogP contribution is -2.23. The maximum absolute atomic E-state index is 5.33. The number of methoxy groups -OCH3 is 2. The highest BCUT2D eigenvalue weighted by Crippen LogP contribution is 2.20. The third kappa shape index (κ3) is 3.45. The first-order valence-electron chi connectivity index (χ1n) is 6.21. The van der Waals surface area contributed by atoms with E-state index in [-0.39, 0.29) is 0 Å². The molecule has 1 aromatic carbocycles. The van der Waals surface area contributed by atoms with Crippen molar-refractivity contribution in [2.24, 2.45) is 0 Å². The predicted octanol–water partition coefficient (Wildman–Crippen LogP) is 2.14. The number of hydrogen-bond donors (Lipinski definition) is 1. The average Bonchev–Trinajstić information content (AvgIpc) is 2.82. The molecule has 0 aromatic heterocycles. The van der Waals surface area contributed by atoms with Gasteiger partial charge in [0, 0.05) is 13.2 Å². The number of rotatable bonds is 5. The van der Waals surface area contributed by atoms with E-state index in [1.807, 2.05) is 6.07 Å². The molecule has 0 spiro atoms. The van der Waals surface area contributed by atoms with Gasteiger partial charge in [-0.1, -0.05) is 6.07 Å². The predicted molar refractivity (Wildman–Crippen MR) is 68.4 cm³/mol. The van der Waals surface area contributed by atoms with Crippen LogP contribution in [0.1, 0.15) is 24.0 Å². The van der Waals surface area contributed by atoms with Crippen LogP contribution >= 0.6 is 0 Å². The van der Waals surface area contributed by atoms with Crippen molar-refractivity contribution in [3.05, 3.63) is 29.3 Å². The molecule has 0 bridgehead atoms. The van der Waals surface area contributed by atoms with Crippen molar-refractivity contribution >= 4 is 0 Å². The first-order valence-corrected chi connectivity index (χ1v) is 6.21. The van der Waals surface area contributed by atoms with Crippen LogP contribution in [-0.2, 0) is 17.8 Å². The Kier molecular flexibility index (Phi) is 4.40. The van der Waals surface area contributed by atoms with Crippen LogP contribution in [0.15, 0.2) is 18.2 Å². The molecule has 1 aliphatic heterocycles. The van der Waals surface area contributed by atoms with Crippen LogP contribution in [0, 0.1) is 0 Å². The van der Waals surface area contributed by atoms with Crippen LogP contribution in [-0.4, -0.2) is 26.8 Å². The molecule has 3 nitrogen and oxygen atoms in total. The summed E-state index contributed by atoms with van der Waals surface area (Å²) in [6, 6.07) is 7.00. The molecule has 1 unspecified atom stereocenters. The summed E-state index contributed by atoms with van der Waals surface area (Å²) in [5.41, 5.74) is 2.51. The topological polar surface area (TPSA) is 30.5 Å². The fourth-order valence-electron chi connectivity index (χ4n) is 2.43. The minimum atomic E-state index is 0.623. The maximum atomic E-state index is 5.33. The van der Waals surface area contributed by atoms with Gasteiger partial charge in [0.1, 0.15) is 5.75 Å². The normalized spacial score (nSPS) is 19.5. The van der Waals surface area contributed by atoms with Gasteiger partial charge in [0.2, 0.25) is 0 Å². The van der Waals surface area contributed by atoms with Gasteiger partial charge in [-0.25, -0.2) is 0 Å². The third-order valence-corrected chi connectivity index (χ3v) is 3.22. The molecule has 94 valence electrons. The van der Waals surface area contributed by atoms with Gasteiger partial charge in [-0.3, -0.25) is 0 Å². The van der Waals surface area contributed by atoms with Crippen molar-refractivity contribution in [1.29, 1.82) is 0 Å². The fraction of sp³-hybridized carbons (Fsp3) is 0.571. The highest BCUT2D eigenvalue weighted by molar-refractivity contribution is 5.34. The molecule has 1 heterocycles. The molecule has 1 saturated heterocycles. The van der Waals surface area contributed by atoms with Crippen molar-refractivity contribution in [3.8, 4) is 5.75 Å². The van der Waals surface area contributed by atoms with Gasteiger partial charge in [0.25, 0.3) is 0 Å². The maximum Gasteiger partial charge on any atom is 0.119 e. The lowest BCUT2D eigenvalue weighted by molar-refractivity contribution is 0.184. The highest BCUT2D eigenvalue weighted by Gasteiger charge is 2.15. The van der Waals surface area contributed by atoms with Crippen molar-refractivity contribution < 1.29 is 9.47 Å². The summed E-state index contributed by atoms with van der Waals surface area (Å²) in [4.78, 5) is 0. The largest absolute Gasteiger partial charge is 0.497 e. The molecule has 3 heteroatoms. The van der Waals surface area contributed by atoms with E-state index in [0.717, 1.165) is 18.7 Å². The van der Waals surface area contributed by atoms with Crippen LogP contribution in [0.2, 0.25) is 0 Å². The zero-order chi connectivity index (χ0) is 12.1. The summed E-state index contributed by atoms with van der Waals surface area (Å²) in [6.45, 7) is 1.79. The van der Waals surface area contributed by atoms with Gasteiger partial charge in [-0.2, -0.15) is 0 Å². The van der Waals surface area contributed by atoms with E-state index < -0.39 is 0 Å². The first-order chi connectivity index (χ1) is 8.31. The number of hydrogen-bond acceptors (Lipinski definition) is 3. The molecule has 1 aromatic rings. The molecule has 2 rings (SSSR count). The number of nitrogens with one attached hydrogen (secondary N) is 1. The Labute approximate surface area is 103 Å². The van der Waals surface area contributed by atoms with Crippen LogP contribution < -0.4 is 10.1 Å². The van der Waals surface area contributed by atoms with E-state index in [9.17, 15) is 0 Å². The Bertz CT molecular complexity index is 359. The van der Waals surface area contributed by atoms with Gasteiger partial charge >= 0.3 is 0 Å². The first kappa shape index (κ1) is 12.4. The molecule has 1 aliphatic rings. The lowest BCUT2D eigenvalue weighted by atomic mass is 10.0. The van der Waals surface area contributed by atoms with Crippen molar-refractivity contribution in [1.82, 2.24) is 5.32 Å². The van der Waals surface area contributed by atoms with Crippen LogP contribution in [0.3, 0.4) is 0 Å². The second kappa shape index (κ2) is 6.03. The summed E-state index contributed by atoms with van der Waals surface area (Å²) in [5.74, 6) is 0.924. The van der Waals surface area contributed by atoms with Crippen LogP contribution in [0.25, 0.3) is 0 Å². The molecular formula is C14H21NO2. The zero-order valence-corrected chi connectivity index (χ0v) is 10.7. The van der Waals surface area contributed by atoms with Crippen molar-refractivity contribution in [2.45, 2.75) is 31.9 Å². The monoisotopic (exact) mass is 235 g/mol. The van der Waals surface area contributed by atoms with Gasteiger partial charge in [0.15, 0.2) is 0 Å². The molecule has 0 aliphatic carbocycles. The van der Waals surface area contributed by atoms with E-state index in [1.54, 1.807) is 14.2 Å². The molecule has 0 saturated carbocycles. The van der Waals surface area contributed by atoms with E-state index in [2.05, 4.69) is 17.4 Å².